The fraction of sp³-hybridized carbons (Fsp3) is 1.00. The van der Waals surface area contributed by atoms with Crippen molar-refractivity contribution < 1.29 is 0 Å². The van der Waals surface area contributed by atoms with Gasteiger partial charge in [0.2, 0.25) is 0 Å². The van der Waals surface area contributed by atoms with Gasteiger partial charge in [-0.1, -0.05) is 20.8 Å². The van der Waals surface area contributed by atoms with Crippen molar-refractivity contribution in [2.45, 2.75) is 66.0 Å². The van der Waals surface area contributed by atoms with Crippen molar-refractivity contribution in [1.82, 2.24) is 10.2 Å². The van der Waals surface area contributed by atoms with Crippen molar-refractivity contribution in [3.05, 3.63) is 0 Å². The topological polar surface area (TPSA) is 15.3 Å². The van der Waals surface area contributed by atoms with E-state index in [0.29, 0.717) is 11.6 Å². The number of hydrogen-bond donors (Lipinski definition) is 1. The monoisotopic (exact) mass is 240 g/mol. The third kappa shape index (κ3) is 4.26. The molecule has 2 heteroatoms. The Labute approximate surface area is 108 Å². The highest BCUT2D eigenvalue weighted by Gasteiger charge is 2.36. The highest BCUT2D eigenvalue weighted by Crippen LogP contribution is 2.32. The minimum absolute atomic E-state index is 0.408. The molecule has 1 saturated heterocycles. The zero-order valence-electron chi connectivity index (χ0n) is 12.7. The van der Waals surface area contributed by atoms with E-state index in [1.165, 1.54) is 19.4 Å². The van der Waals surface area contributed by atoms with Gasteiger partial charge in [0.25, 0.3) is 0 Å². The molecule has 1 fully saturated rings. The second-order valence-electron chi connectivity index (χ2n) is 6.88. The number of likely N-dealkylation sites (tertiary alicyclic amines) is 1. The molecule has 1 rings (SSSR count). The summed E-state index contributed by atoms with van der Waals surface area (Å²) < 4.78 is 0. The van der Waals surface area contributed by atoms with E-state index in [1.54, 1.807) is 0 Å². The normalized spacial score (nSPS) is 24.2. The Morgan fingerprint density at radius 3 is 2.24 bits per heavy atom. The van der Waals surface area contributed by atoms with E-state index in [9.17, 15) is 0 Å². The molecule has 1 heterocycles. The van der Waals surface area contributed by atoms with Crippen LogP contribution in [0, 0.1) is 11.8 Å². The van der Waals surface area contributed by atoms with Crippen LogP contribution in [0.15, 0.2) is 0 Å². The average molecular weight is 240 g/mol. The molecule has 0 spiro atoms. The summed E-state index contributed by atoms with van der Waals surface area (Å²) in [4.78, 5) is 2.70. The molecule has 0 radical (unpaired) electrons. The number of hydrogen-bond acceptors (Lipinski definition) is 2. The summed E-state index contributed by atoms with van der Waals surface area (Å²) in [6.07, 6.45) is 2.72. The van der Waals surface area contributed by atoms with Gasteiger partial charge in [0, 0.05) is 11.6 Å². The van der Waals surface area contributed by atoms with Crippen LogP contribution < -0.4 is 5.32 Å². The Morgan fingerprint density at radius 1 is 1.12 bits per heavy atom. The number of nitrogens with zero attached hydrogens (tertiary/aromatic N) is 1. The zero-order chi connectivity index (χ0) is 13.1. The van der Waals surface area contributed by atoms with Crippen LogP contribution in [0.5, 0.6) is 0 Å². The Balaban J connectivity index is 2.38. The molecule has 0 aromatic rings. The maximum absolute atomic E-state index is 3.59. The fourth-order valence-corrected chi connectivity index (χ4v) is 2.96. The van der Waals surface area contributed by atoms with Crippen molar-refractivity contribution in [3.8, 4) is 0 Å². The lowest BCUT2D eigenvalue weighted by molar-refractivity contribution is 0.0915. The van der Waals surface area contributed by atoms with Gasteiger partial charge in [-0.3, -0.25) is 4.90 Å². The predicted molar refractivity (Wildman–Crippen MR) is 76.4 cm³/mol. The Bertz CT molecular complexity index is 223. The lowest BCUT2D eigenvalue weighted by Crippen LogP contribution is -2.48. The van der Waals surface area contributed by atoms with Gasteiger partial charge in [-0.05, 0) is 65.1 Å². The molecule has 0 aromatic carbocycles. The molecule has 2 nitrogen and oxygen atoms in total. The van der Waals surface area contributed by atoms with Crippen LogP contribution in [-0.2, 0) is 0 Å². The predicted octanol–water partition coefficient (Wildman–Crippen LogP) is 3.13. The Kier molecular flexibility index (Phi) is 5.46. The first kappa shape index (κ1) is 15.0. The number of rotatable bonds is 6. The molecule has 0 saturated carbocycles. The highest BCUT2D eigenvalue weighted by atomic mass is 15.2. The minimum Gasteiger partial charge on any atom is -0.316 e. The molecule has 0 aromatic heterocycles. The van der Waals surface area contributed by atoms with Crippen molar-refractivity contribution in [3.63, 3.8) is 0 Å². The Hall–Kier alpha value is -0.0800. The van der Waals surface area contributed by atoms with Crippen molar-refractivity contribution >= 4 is 0 Å². The summed E-state index contributed by atoms with van der Waals surface area (Å²) in [5, 5.41) is 3.59. The molecule has 1 N–H and O–H groups in total. The molecule has 102 valence electrons. The molecule has 1 aliphatic rings. The van der Waals surface area contributed by atoms with Gasteiger partial charge in [0.1, 0.15) is 0 Å². The van der Waals surface area contributed by atoms with Gasteiger partial charge in [0.15, 0.2) is 0 Å². The summed E-state index contributed by atoms with van der Waals surface area (Å²) in [5.74, 6) is 1.48. The summed E-state index contributed by atoms with van der Waals surface area (Å²) in [6.45, 7) is 17.7. The molecule has 0 amide bonds. The standard InChI is InChI=1S/C15H32N2/c1-12(2)10-16-11-13(3)14(4)17-9-7-8-15(17,5)6/h12-14,16H,7-11H2,1-6H3. The van der Waals surface area contributed by atoms with Crippen LogP contribution in [-0.4, -0.2) is 36.1 Å². The van der Waals surface area contributed by atoms with Crippen LogP contribution >= 0.6 is 0 Å². The van der Waals surface area contributed by atoms with Crippen LogP contribution in [0.1, 0.15) is 54.4 Å². The summed E-state index contributed by atoms with van der Waals surface area (Å²) in [7, 11) is 0. The highest BCUT2D eigenvalue weighted by molar-refractivity contribution is 4.92. The van der Waals surface area contributed by atoms with Crippen molar-refractivity contribution in [1.29, 1.82) is 0 Å². The van der Waals surface area contributed by atoms with Gasteiger partial charge in [-0.25, -0.2) is 0 Å². The molecule has 2 atom stereocenters. The van der Waals surface area contributed by atoms with E-state index in [4.69, 9.17) is 0 Å². The molecule has 0 aliphatic carbocycles. The van der Waals surface area contributed by atoms with Crippen LogP contribution in [0.3, 0.4) is 0 Å². The Morgan fingerprint density at radius 2 is 1.76 bits per heavy atom. The first-order chi connectivity index (χ1) is 7.84. The minimum atomic E-state index is 0.408. The molecular formula is C15H32N2. The van der Waals surface area contributed by atoms with Gasteiger partial charge in [0.05, 0.1) is 0 Å². The molecular weight excluding hydrogens is 208 g/mol. The number of nitrogens with one attached hydrogen (secondary N) is 1. The lowest BCUT2D eigenvalue weighted by Gasteiger charge is -2.39. The van der Waals surface area contributed by atoms with Crippen molar-refractivity contribution in [2.75, 3.05) is 19.6 Å². The fourth-order valence-electron chi connectivity index (χ4n) is 2.96. The van der Waals surface area contributed by atoms with Gasteiger partial charge in [-0.2, -0.15) is 0 Å². The first-order valence-corrected chi connectivity index (χ1v) is 7.32. The molecule has 0 bridgehead atoms. The van der Waals surface area contributed by atoms with Gasteiger partial charge in [-0.15, -0.1) is 0 Å². The van der Waals surface area contributed by atoms with Crippen LogP contribution in [0.2, 0.25) is 0 Å². The van der Waals surface area contributed by atoms with Crippen molar-refractivity contribution in [2.24, 2.45) is 11.8 Å². The lowest BCUT2D eigenvalue weighted by atomic mass is 9.95. The largest absolute Gasteiger partial charge is 0.316 e. The van der Waals surface area contributed by atoms with E-state index in [2.05, 4.69) is 51.8 Å². The third-order valence-electron chi connectivity index (χ3n) is 4.30. The maximum Gasteiger partial charge on any atom is 0.0156 e. The van der Waals surface area contributed by atoms with E-state index in [-0.39, 0.29) is 0 Å². The molecule has 2 unspecified atom stereocenters. The molecule has 17 heavy (non-hydrogen) atoms. The second kappa shape index (κ2) is 6.19. The SMILES string of the molecule is CC(C)CNCC(C)C(C)N1CCCC1(C)C. The van der Waals surface area contributed by atoms with Crippen LogP contribution in [0.25, 0.3) is 0 Å². The van der Waals surface area contributed by atoms with Gasteiger partial charge < -0.3 is 5.32 Å². The summed E-state index contributed by atoms with van der Waals surface area (Å²) in [6, 6.07) is 0.687. The van der Waals surface area contributed by atoms with E-state index >= 15 is 0 Å². The summed E-state index contributed by atoms with van der Waals surface area (Å²) >= 11 is 0. The smallest absolute Gasteiger partial charge is 0.0156 e. The van der Waals surface area contributed by atoms with E-state index in [1.807, 2.05) is 0 Å². The zero-order valence-corrected chi connectivity index (χ0v) is 12.7. The maximum atomic E-state index is 3.59. The quantitative estimate of drug-likeness (QED) is 0.767. The average Bonchev–Trinajstić information content (AvgIpc) is 2.56. The van der Waals surface area contributed by atoms with Gasteiger partial charge >= 0.3 is 0 Å². The second-order valence-corrected chi connectivity index (χ2v) is 6.88. The third-order valence-corrected chi connectivity index (χ3v) is 4.30. The van der Waals surface area contributed by atoms with Crippen LogP contribution in [0.4, 0.5) is 0 Å². The summed E-state index contributed by atoms with van der Waals surface area (Å²) in [5.41, 5.74) is 0.408. The molecule has 1 aliphatic heterocycles. The first-order valence-electron chi connectivity index (χ1n) is 7.32. The van der Waals surface area contributed by atoms with E-state index < -0.39 is 0 Å². The van der Waals surface area contributed by atoms with E-state index in [0.717, 1.165) is 24.9 Å².